The minimum atomic E-state index is -0.382. The number of aliphatic hydroxyl groups excluding tert-OH is 1. The van der Waals surface area contributed by atoms with Crippen molar-refractivity contribution in [1.82, 2.24) is 10.2 Å². The molecule has 0 aliphatic heterocycles. The number of guanidine groups is 1. The third-order valence-electron chi connectivity index (χ3n) is 3.21. The highest BCUT2D eigenvalue weighted by Gasteiger charge is 2.06. The highest BCUT2D eigenvalue weighted by Crippen LogP contribution is 2.10. The summed E-state index contributed by atoms with van der Waals surface area (Å²) in [5.74, 6) is 0.404. The van der Waals surface area contributed by atoms with Crippen LogP contribution in [0.2, 0.25) is 0 Å². The first-order valence-corrected chi connectivity index (χ1v) is 7.03. The molecule has 0 aliphatic rings. The largest absolute Gasteiger partial charge is 0.392 e. The van der Waals surface area contributed by atoms with Crippen molar-refractivity contribution in [2.45, 2.75) is 26.0 Å². The smallest absolute Gasteiger partial charge is 0.193 e. The van der Waals surface area contributed by atoms with Gasteiger partial charge in [-0.1, -0.05) is 12.1 Å². The second kappa shape index (κ2) is 11.4. The van der Waals surface area contributed by atoms with E-state index in [2.05, 4.69) is 16.9 Å². The maximum Gasteiger partial charge on any atom is 0.193 e. The van der Waals surface area contributed by atoms with Gasteiger partial charge in [0.1, 0.15) is 5.82 Å². The molecule has 0 spiro atoms. The van der Waals surface area contributed by atoms with Crippen LogP contribution in [0.1, 0.15) is 24.0 Å². The van der Waals surface area contributed by atoms with E-state index in [4.69, 9.17) is 5.11 Å². The van der Waals surface area contributed by atoms with E-state index >= 15 is 0 Å². The molecule has 124 valence electrons. The number of unbranched alkanes of at least 4 members (excludes halogenated alkanes) is 1. The van der Waals surface area contributed by atoms with E-state index in [1.165, 1.54) is 6.07 Å². The average molecular weight is 421 g/mol. The van der Waals surface area contributed by atoms with Crippen molar-refractivity contribution in [3.8, 4) is 0 Å². The normalized spacial score (nSPS) is 10.8. The van der Waals surface area contributed by atoms with E-state index in [0.29, 0.717) is 12.1 Å². The number of halogens is 2. The van der Waals surface area contributed by atoms with Crippen molar-refractivity contribution in [3.05, 3.63) is 47.8 Å². The second-order valence-electron chi connectivity index (χ2n) is 4.84. The molecule has 0 aromatic heterocycles. The monoisotopic (exact) mass is 421 g/mol. The average Bonchev–Trinajstić information content (AvgIpc) is 2.49. The maximum absolute atomic E-state index is 13.3. The molecule has 0 fully saturated rings. The van der Waals surface area contributed by atoms with E-state index in [9.17, 15) is 4.39 Å². The maximum atomic E-state index is 13.3. The molecule has 4 nitrogen and oxygen atoms in total. The van der Waals surface area contributed by atoms with Gasteiger partial charge >= 0.3 is 0 Å². The van der Waals surface area contributed by atoms with E-state index in [1.807, 2.05) is 18.0 Å². The van der Waals surface area contributed by atoms with Crippen molar-refractivity contribution < 1.29 is 9.50 Å². The molecule has 0 heterocycles. The number of benzene rings is 1. The summed E-state index contributed by atoms with van der Waals surface area (Å²) in [4.78, 5) is 6.27. The van der Waals surface area contributed by atoms with Crippen LogP contribution >= 0.6 is 24.0 Å². The Kier molecular flexibility index (Phi) is 10.8. The molecule has 0 atom stereocenters. The Morgan fingerprint density at radius 1 is 1.50 bits per heavy atom. The zero-order valence-corrected chi connectivity index (χ0v) is 15.5. The van der Waals surface area contributed by atoms with Gasteiger partial charge in [0.2, 0.25) is 0 Å². The zero-order chi connectivity index (χ0) is 15.7. The molecule has 0 bridgehead atoms. The lowest BCUT2D eigenvalue weighted by Gasteiger charge is -2.22. The molecule has 6 heteroatoms. The van der Waals surface area contributed by atoms with Crippen LogP contribution in [-0.4, -0.2) is 36.6 Å². The Labute approximate surface area is 149 Å². The number of rotatable bonds is 7. The molecule has 0 saturated heterocycles. The van der Waals surface area contributed by atoms with E-state index in [0.717, 1.165) is 30.9 Å². The lowest BCUT2D eigenvalue weighted by atomic mass is 10.1. The van der Waals surface area contributed by atoms with Gasteiger partial charge in [0.25, 0.3) is 0 Å². The lowest BCUT2D eigenvalue weighted by Crippen LogP contribution is -2.39. The Hall–Kier alpha value is -1.15. The fourth-order valence-corrected chi connectivity index (χ4v) is 2.00. The first-order valence-electron chi connectivity index (χ1n) is 7.03. The Balaban J connectivity index is 0.00000441. The van der Waals surface area contributed by atoms with E-state index in [-0.39, 0.29) is 36.4 Å². The predicted molar refractivity (Wildman–Crippen MR) is 100.0 cm³/mol. The van der Waals surface area contributed by atoms with Crippen LogP contribution < -0.4 is 5.32 Å². The summed E-state index contributed by atoms with van der Waals surface area (Å²) < 4.78 is 13.3. The summed E-state index contributed by atoms with van der Waals surface area (Å²) in [6, 6.07) is 4.74. The Morgan fingerprint density at radius 3 is 2.82 bits per heavy atom. The first-order chi connectivity index (χ1) is 10.1. The van der Waals surface area contributed by atoms with Crippen LogP contribution in [0.3, 0.4) is 0 Å². The minimum Gasteiger partial charge on any atom is -0.392 e. The summed E-state index contributed by atoms with van der Waals surface area (Å²) in [7, 11) is 3.71. The Morgan fingerprint density at radius 2 is 2.23 bits per heavy atom. The highest BCUT2D eigenvalue weighted by atomic mass is 127. The highest BCUT2D eigenvalue weighted by molar-refractivity contribution is 14.0. The SMILES string of the molecule is C=CCCCN(C)C(=NC)NCc1ccc(F)c(CO)c1.I. The topological polar surface area (TPSA) is 47.9 Å². The van der Waals surface area contributed by atoms with Crippen molar-refractivity contribution in [3.63, 3.8) is 0 Å². The van der Waals surface area contributed by atoms with Crippen molar-refractivity contribution in [1.29, 1.82) is 0 Å². The number of nitrogens with one attached hydrogen (secondary N) is 1. The molecular weight excluding hydrogens is 396 g/mol. The summed E-state index contributed by atoms with van der Waals surface area (Å²) in [5, 5.41) is 12.3. The molecule has 2 N–H and O–H groups in total. The van der Waals surface area contributed by atoms with Crippen molar-refractivity contribution in [2.24, 2.45) is 4.99 Å². The molecule has 0 unspecified atom stereocenters. The predicted octanol–water partition coefficient (Wildman–Crippen LogP) is 2.91. The van der Waals surface area contributed by atoms with Gasteiger partial charge < -0.3 is 15.3 Å². The number of nitrogens with zero attached hydrogens (tertiary/aromatic N) is 2. The van der Waals surface area contributed by atoms with Gasteiger partial charge in [0, 0.05) is 32.7 Å². The molecule has 0 aliphatic carbocycles. The summed E-state index contributed by atoms with van der Waals surface area (Å²) in [6.07, 6.45) is 3.89. The molecule has 0 saturated carbocycles. The molecular formula is C16H25FIN3O. The van der Waals surface area contributed by atoms with Crippen LogP contribution in [0.5, 0.6) is 0 Å². The van der Waals surface area contributed by atoms with Gasteiger partial charge in [0.05, 0.1) is 6.61 Å². The van der Waals surface area contributed by atoms with Crippen LogP contribution in [0.4, 0.5) is 4.39 Å². The Bertz CT molecular complexity index is 494. The molecule has 22 heavy (non-hydrogen) atoms. The number of hydrogen-bond donors (Lipinski definition) is 2. The fraction of sp³-hybridized carbons (Fsp3) is 0.438. The van der Waals surface area contributed by atoms with E-state index < -0.39 is 0 Å². The second-order valence-corrected chi connectivity index (χ2v) is 4.84. The fourth-order valence-electron chi connectivity index (χ4n) is 2.00. The quantitative estimate of drug-likeness (QED) is 0.234. The number of aliphatic hydroxyl groups is 1. The van der Waals surface area contributed by atoms with Gasteiger partial charge in [-0.25, -0.2) is 4.39 Å². The number of hydrogen-bond acceptors (Lipinski definition) is 2. The van der Waals surface area contributed by atoms with Gasteiger partial charge in [-0.3, -0.25) is 4.99 Å². The number of allylic oxidation sites excluding steroid dienone is 1. The third-order valence-corrected chi connectivity index (χ3v) is 3.21. The van der Waals surface area contributed by atoms with E-state index in [1.54, 1.807) is 19.2 Å². The summed E-state index contributed by atoms with van der Waals surface area (Å²) >= 11 is 0. The van der Waals surface area contributed by atoms with Crippen molar-refractivity contribution in [2.75, 3.05) is 20.6 Å². The number of aliphatic imine (C=N–C) groups is 1. The van der Waals surface area contributed by atoms with Crippen LogP contribution in [0.25, 0.3) is 0 Å². The van der Waals surface area contributed by atoms with Gasteiger partial charge in [0.15, 0.2) is 5.96 Å². The van der Waals surface area contributed by atoms with Crippen LogP contribution in [0.15, 0.2) is 35.8 Å². The molecule has 1 rings (SSSR count). The standard InChI is InChI=1S/C16H24FN3O.HI/c1-4-5-6-9-20(3)16(18-2)19-11-13-7-8-15(17)14(10-13)12-21;/h4,7-8,10,21H,1,5-6,9,11-12H2,2-3H3,(H,18,19);1H. The van der Waals surface area contributed by atoms with Gasteiger partial charge in [-0.2, -0.15) is 0 Å². The molecule has 0 radical (unpaired) electrons. The summed E-state index contributed by atoms with van der Waals surface area (Å²) in [6.45, 7) is 4.83. The van der Waals surface area contributed by atoms with Gasteiger partial charge in [-0.05, 0) is 30.5 Å². The summed E-state index contributed by atoms with van der Waals surface area (Å²) in [5.41, 5.74) is 1.21. The lowest BCUT2D eigenvalue weighted by molar-refractivity contribution is 0.275. The molecule has 1 aromatic rings. The minimum absolute atomic E-state index is 0. The van der Waals surface area contributed by atoms with Crippen molar-refractivity contribution >= 4 is 29.9 Å². The first kappa shape index (κ1) is 20.9. The van der Waals surface area contributed by atoms with Gasteiger partial charge in [-0.15, -0.1) is 30.6 Å². The van der Waals surface area contributed by atoms with Crippen LogP contribution in [0, 0.1) is 5.82 Å². The molecule has 1 aromatic carbocycles. The molecule has 0 amide bonds. The zero-order valence-electron chi connectivity index (χ0n) is 13.2. The van der Waals surface area contributed by atoms with Crippen LogP contribution in [-0.2, 0) is 13.2 Å². The third kappa shape index (κ3) is 6.74.